The van der Waals surface area contributed by atoms with E-state index in [2.05, 4.69) is 21.2 Å². The molecule has 2 amide bonds. The predicted octanol–water partition coefficient (Wildman–Crippen LogP) is 4.51. The molecule has 0 aliphatic carbocycles. The molecule has 2 aromatic rings. The van der Waals surface area contributed by atoms with Gasteiger partial charge in [0, 0.05) is 21.6 Å². The Morgan fingerprint density at radius 2 is 1.71 bits per heavy atom. The Labute approximate surface area is 215 Å². The number of sulfonamides is 1. The molecule has 34 heavy (non-hydrogen) atoms. The standard InChI is InChI=1S/C24H31BrClN3O4S/c1-16-13-20(26)11-12-21(16)29(34(6,32)33)15-22(30)28(14-18-7-9-19(25)10-8-18)17(2)23(31)27-24(3,4)5/h7-13,17H,14-15H2,1-6H3,(H,27,31)/t17-/m1/s1. The van der Waals surface area contributed by atoms with Crippen LogP contribution in [0.2, 0.25) is 5.02 Å². The molecule has 0 saturated heterocycles. The number of carbonyl (C=O) groups excluding carboxylic acids is 2. The van der Waals surface area contributed by atoms with Crippen molar-refractivity contribution in [3.8, 4) is 0 Å². The second kappa shape index (κ2) is 11.1. The van der Waals surface area contributed by atoms with Gasteiger partial charge in [-0.15, -0.1) is 0 Å². The van der Waals surface area contributed by atoms with Crippen LogP contribution < -0.4 is 9.62 Å². The number of nitrogens with one attached hydrogen (secondary N) is 1. The largest absolute Gasteiger partial charge is 0.350 e. The Morgan fingerprint density at radius 1 is 1.12 bits per heavy atom. The Hall–Kier alpha value is -2.10. The van der Waals surface area contributed by atoms with Crippen LogP contribution in [0.25, 0.3) is 0 Å². The molecular weight excluding hydrogens is 542 g/mol. The third-order valence-corrected chi connectivity index (χ3v) is 6.93. The van der Waals surface area contributed by atoms with Crippen LogP contribution in [-0.4, -0.2) is 49.5 Å². The summed E-state index contributed by atoms with van der Waals surface area (Å²) >= 11 is 9.42. The zero-order valence-corrected chi connectivity index (χ0v) is 23.4. The lowest BCUT2D eigenvalue weighted by Crippen LogP contribution is -2.54. The summed E-state index contributed by atoms with van der Waals surface area (Å²) in [4.78, 5) is 27.9. The van der Waals surface area contributed by atoms with Crippen molar-refractivity contribution in [1.82, 2.24) is 10.2 Å². The zero-order valence-electron chi connectivity index (χ0n) is 20.2. The van der Waals surface area contributed by atoms with E-state index in [1.54, 1.807) is 32.0 Å². The van der Waals surface area contributed by atoms with Crippen LogP contribution in [0.4, 0.5) is 5.69 Å². The van der Waals surface area contributed by atoms with Gasteiger partial charge in [-0.3, -0.25) is 13.9 Å². The minimum atomic E-state index is -3.80. The average Bonchev–Trinajstić information content (AvgIpc) is 2.69. The molecule has 2 rings (SSSR count). The van der Waals surface area contributed by atoms with Gasteiger partial charge in [0.05, 0.1) is 11.9 Å². The number of hydrogen-bond acceptors (Lipinski definition) is 4. The highest BCUT2D eigenvalue weighted by Crippen LogP contribution is 2.26. The van der Waals surface area contributed by atoms with Gasteiger partial charge in [0.2, 0.25) is 21.8 Å². The summed E-state index contributed by atoms with van der Waals surface area (Å²) in [6.07, 6.45) is 1.04. The lowest BCUT2D eigenvalue weighted by atomic mass is 10.1. The number of rotatable bonds is 8. The summed E-state index contributed by atoms with van der Waals surface area (Å²) in [5, 5.41) is 3.36. The van der Waals surface area contributed by atoms with Crippen LogP contribution >= 0.6 is 27.5 Å². The fourth-order valence-corrected chi connectivity index (χ4v) is 4.73. The quantitative estimate of drug-likeness (QED) is 0.504. The van der Waals surface area contributed by atoms with Crippen LogP contribution in [0, 0.1) is 6.92 Å². The third-order valence-electron chi connectivity index (χ3n) is 5.04. The van der Waals surface area contributed by atoms with E-state index in [0.29, 0.717) is 16.3 Å². The monoisotopic (exact) mass is 571 g/mol. The number of aryl methyl sites for hydroxylation is 1. The smallest absolute Gasteiger partial charge is 0.244 e. The van der Waals surface area contributed by atoms with Crippen molar-refractivity contribution >= 4 is 55.1 Å². The Balaban J connectivity index is 2.43. The van der Waals surface area contributed by atoms with Gasteiger partial charge in [0.25, 0.3) is 0 Å². The molecule has 0 bridgehead atoms. The highest BCUT2D eigenvalue weighted by Gasteiger charge is 2.31. The van der Waals surface area contributed by atoms with Gasteiger partial charge >= 0.3 is 0 Å². The van der Waals surface area contributed by atoms with Crippen LogP contribution in [0.15, 0.2) is 46.9 Å². The fourth-order valence-electron chi connectivity index (χ4n) is 3.34. The molecule has 2 aromatic carbocycles. The number of amides is 2. The maximum absolute atomic E-state index is 13.5. The normalized spacial score (nSPS) is 12.7. The van der Waals surface area contributed by atoms with Crippen molar-refractivity contribution in [2.24, 2.45) is 0 Å². The summed E-state index contributed by atoms with van der Waals surface area (Å²) in [5.74, 6) is -0.828. The van der Waals surface area contributed by atoms with E-state index in [4.69, 9.17) is 11.6 Å². The first kappa shape index (κ1) is 28.1. The molecule has 0 heterocycles. The maximum Gasteiger partial charge on any atom is 0.244 e. The fraction of sp³-hybridized carbons (Fsp3) is 0.417. The third kappa shape index (κ3) is 7.99. The molecule has 0 aliphatic heterocycles. The summed E-state index contributed by atoms with van der Waals surface area (Å²) in [5.41, 5.74) is 1.29. The van der Waals surface area contributed by atoms with Crippen molar-refractivity contribution in [2.75, 3.05) is 17.1 Å². The minimum Gasteiger partial charge on any atom is -0.350 e. The number of halogens is 2. The first-order valence-corrected chi connectivity index (χ1v) is 13.7. The molecule has 7 nitrogen and oxygen atoms in total. The Bertz CT molecular complexity index is 1150. The highest BCUT2D eigenvalue weighted by atomic mass is 79.9. The molecule has 0 aromatic heterocycles. The van der Waals surface area contributed by atoms with Crippen molar-refractivity contribution in [1.29, 1.82) is 0 Å². The van der Waals surface area contributed by atoms with E-state index in [0.717, 1.165) is 20.6 Å². The van der Waals surface area contributed by atoms with Crippen molar-refractivity contribution in [3.63, 3.8) is 0 Å². The topological polar surface area (TPSA) is 86.8 Å². The predicted molar refractivity (Wildman–Crippen MR) is 140 cm³/mol. The van der Waals surface area contributed by atoms with Gasteiger partial charge in [0.15, 0.2) is 0 Å². The zero-order chi connectivity index (χ0) is 25.8. The average molecular weight is 573 g/mol. The van der Waals surface area contributed by atoms with Gasteiger partial charge in [0.1, 0.15) is 12.6 Å². The van der Waals surface area contributed by atoms with Crippen molar-refractivity contribution < 1.29 is 18.0 Å². The summed E-state index contributed by atoms with van der Waals surface area (Å²) in [7, 11) is -3.80. The first-order valence-electron chi connectivity index (χ1n) is 10.7. The summed E-state index contributed by atoms with van der Waals surface area (Å²) < 4.78 is 27.2. The Morgan fingerprint density at radius 3 is 2.21 bits per heavy atom. The molecule has 0 unspecified atom stereocenters. The van der Waals surface area contributed by atoms with E-state index in [1.165, 1.54) is 4.90 Å². The lowest BCUT2D eigenvalue weighted by molar-refractivity contribution is -0.140. The van der Waals surface area contributed by atoms with Crippen LogP contribution in [0.5, 0.6) is 0 Å². The molecule has 0 spiro atoms. The number of carbonyl (C=O) groups is 2. The van der Waals surface area contributed by atoms with Gasteiger partial charge in [-0.25, -0.2) is 8.42 Å². The van der Waals surface area contributed by atoms with Crippen LogP contribution in [0.1, 0.15) is 38.8 Å². The molecule has 0 saturated carbocycles. The second-order valence-corrected chi connectivity index (χ2v) is 12.5. The number of nitrogens with zero attached hydrogens (tertiary/aromatic N) is 2. The molecule has 1 atom stereocenters. The Kier molecular flexibility index (Phi) is 9.18. The number of anilines is 1. The number of benzene rings is 2. The van der Waals surface area contributed by atoms with E-state index in [1.807, 2.05) is 45.0 Å². The van der Waals surface area contributed by atoms with E-state index in [-0.39, 0.29) is 12.5 Å². The van der Waals surface area contributed by atoms with Gasteiger partial charge in [-0.05, 0) is 76.1 Å². The summed E-state index contributed by atoms with van der Waals surface area (Å²) in [6.45, 7) is 8.61. The molecule has 186 valence electrons. The van der Waals surface area contributed by atoms with Crippen LogP contribution in [0.3, 0.4) is 0 Å². The number of hydrogen-bond donors (Lipinski definition) is 1. The van der Waals surface area contributed by atoms with Gasteiger partial charge in [-0.2, -0.15) is 0 Å². The SMILES string of the molecule is Cc1cc(Cl)ccc1N(CC(=O)N(Cc1ccc(Br)cc1)[C@H](C)C(=O)NC(C)(C)C)S(C)(=O)=O. The van der Waals surface area contributed by atoms with Crippen molar-refractivity contribution in [2.45, 2.75) is 52.7 Å². The molecular formula is C24H31BrClN3O4S. The second-order valence-electron chi connectivity index (χ2n) is 9.26. The lowest BCUT2D eigenvalue weighted by Gasteiger charge is -2.33. The minimum absolute atomic E-state index is 0.141. The molecule has 0 fully saturated rings. The highest BCUT2D eigenvalue weighted by molar-refractivity contribution is 9.10. The first-order chi connectivity index (χ1) is 15.6. The van der Waals surface area contributed by atoms with E-state index in [9.17, 15) is 18.0 Å². The molecule has 1 N–H and O–H groups in total. The summed E-state index contributed by atoms with van der Waals surface area (Å²) in [6, 6.07) is 11.3. The molecule has 0 aliphatic rings. The molecule has 10 heteroatoms. The van der Waals surface area contributed by atoms with E-state index < -0.39 is 34.1 Å². The molecule has 0 radical (unpaired) electrons. The van der Waals surface area contributed by atoms with E-state index >= 15 is 0 Å². The van der Waals surface area contributed by atoms with Gasteiger partial charge < -0.3 is 10.2 Å². The maximum atomic E-state index is 13.5. The van der Waals surface area contributed by atoms with Gasteiger partial charge in [-0.1, -0.05) is 39.7 Å². The van der Waals surface area contributed by atoms with Crippen molar-refractivity contribution in [3.05, 3.63) is 63.1 Å². The van der Waals surface area contributed by atoms with Crippen LogP contribution in [-0.2, 0) is 26.2 Å².